The number of carbonyl (C=O) groups is 1. The predicted octanol–water partition coefficient (Wildman–Crippen LogP) is -2.85. The highest BCUT2D eigenvalue weighted by atomic mass is 35.5. The number of quaternary nitrogens is 2. The summed E-state index contributed by atoms with van der Waals surface area (Å²) in [5.41, 5.74) is 8.57. The Kier molecular flexibility index (Phi) is 32.0. The Bertz CT molecular complexity index is 205. The van der Waals surface area contributed by atoms with E-state index in [1.165, 1.54) is 12.8 Å². The molecule has 0 aliphatic carbocycles. The van der Waals surface area contributed by atoms with Crippen LogP contribution in [0, 0.1) is 0 Å². The molecule has 0 heterocycles. The van der Waals surface area contributed by atoms with Gasteiger partial charge in [-0.2, -0.15) is 0 Å². The molecule has 0 saturated carbocycles. The molecule has 0 aromatic rings. The molecule has 0 aromatic heterocycles. The fourth-order valence-corrected chi connectivity index (χ4v) is 0.925. The molecule has 0 atom stereocenters. The Balaban J connectivity index is -0.000000105. The highest BCUT2D eigenvalue weighted by Crippen LogP contribution is 2.10. The van der Waals surface area contributed by atoms with Crippen LogP contribution in [0.1, 0.15) is 60.3 Å². The summed E-state index contributed by atoms with van der Waals surface area (Å²) >= 11 is 0. The second-order valence-corrected chi connectivity index (χ2v) is 3.93. The first-order valence-electron chi connectivity index (χ1n) is 6.94. The van der Waals surface area contributed by atoms with Gasteiger partial charge in [0.05, 0.1) is 19.1 Å². The number of hydrogen-bond acceptors (Lipinski definition) is 2. The van der Waals surface area contributed by atoms with Crippen molar-refractivity contribution in [2.24, 2.45) is 0 Å². The SMILES string of the molecule is CCC(CC)=C(C)C(=O)[O-].CCC[NH3+].CCC[NH3+].[Cl-]. The van der Waals surface area contributed by atoms with Crippen molar-refractivity contribution in [1.82, 2.24) is 0 Å². The lowest BCUT2D eigenvalue weighted by molar-refractivity contribution is -0.367. The maximum atomic E-state index is 10.3. The quantitative estimate of drug-likeness (QED) is 0.534. The summed E-state index contributed by atoms with van der Waals surface area (Å²) in [6, 6.07) is 0. The smallest absolute Gasteiger partial charge is 0.0737 e. The normalized spacial score (nSPS) is 7.95. The van der Waals surface area contributed by atoms with E-state index in [-0.39, 0.29) is 12.4 Å². The van der Waals surface area contributed by atoms with Gasteiger partial charge in [-0.1, -0.05) is 33.3 Å². The molecule has 0 unspecified atom stereocenters. The molecule has 0 spiro atoms. The van der Waals surface area contributed by atoms with E-state index in [9.17, 15) is 9.90 Å². The van der Waals surface area contributed by atoms with E-state index >= 15 is 0 Å². The van der Waals surface area contributed by atoms with Gasteiger partial charge in [0.2, 0.25) is 0 Å². The average molecular weight is 297 g/mol. The first kappa shape index (κ1) is 26.9. The molecule has 0 fully saturated rings. The van der Waals surface area contributed by atoms with Crippen LogP contribution in [-0.2, 0) is 4.79 Å². The van der Waals surface area contributed by atoms with Crippen LogP contribution in [0.15, 0.2) is 11.1 Å². The summed E-state index contributed by atoms with van der Waals surface area (Å²) in [4.78, 5) is 10.3. The van der Waals surface area contributed by atoms with Crippen LogP contribution in [-0.4, -0.2) is 19.1 Å². The fraction of sp³-hybridized carbons (Fsp3) is 0.786. The van der Waals surface area contributed by atoms with Crippen molar-refractivity contribution < 1.29 is 33.8 Å². The van der Waals surface area contributed by atoms with E-state index in [1.807, 2.05) is 13.8 Å². The molecule has 0 amide bonds. The van der Waals surface area contributed by atoms with E-state index in [0.29, 0.717) is 5.57 Å². The zero-order chi connectivity index (χ0) is 15.0. The van der Waals surface area contributed by atoms with Gasteiger partial charge < -0.3 is 33.8 Å². The van der Waals surface area contributed by atoms with Gasteiger partial charge >= 0.3 is 0 Å². The fourth-order valence-electron chi connectivity index (χ4n) is 0.925. The van der Waals surface area contributed by atoms with E-state index in [1.54, 1.807) is 6.92 Å². The first-order chi connectivity index (χ1) is 8.46. The number of hydrogen-bond donors (Lipinski definition) is 2. The van der Waals surface area contributed by atoms with Gasteiger partial charge in [-0.3, -0.25) is 0 Å². The molecule has 0 aliphatic rings. The lowest BCUT2D eigenvalue weighted by Gasteiger charge is -2.08. The summed E-state index contributed by atoms with van der Waals surface area (Å²) < 4.78 is 0. The number of rotatable bonds is 5. The monoisotopic (exact) mass is 296 g/mol. The summed E-state index contributed by atoms with van der Waals surface area (Å²) in [6.45, 7) is 11.9. The zero-order valence-electron chi connectivity index (χ0n) is 13.4. The highest BCUT2D eigenvalue weighted by Gasteiger charge is 1.97. The minimum absolute atomic E-state index is 0. The average Bonchev–Trinajstić information content (AvgIpc) is 2.40. The van der Waals surface area contributed by atoms with Crippen LogP contribution in [0.4, 0.5) is 0 Å². The summed E-state index contributed by atoms with van der Waals surface area (Å²) in [5, 5.41) is 10.3. The van der Waals surface area contributed by atoms with Gasteiger partial charge in [0.25, 0.3) is 0 Å². The molecule has 0 saturated heterocycles. The highest BCUT2D eigenvalue weighted by molar-refractivity contribution is 5.84. The number of carboxylic acid groups (broad SMARTS) is 1. The Morgan fingerprint density at radius 2 is 1.21 bits per heavy atom. The molecule has 0 radical (unpaired) electrons. The number of aliphatic carboxylic acids is 1. The van der Waals surface area contributed by atoms with E-state index < -0.39 is 5.97 Å². The molecule has 0 aliphatic heterocycles. The number of allylic oxidation sites excluding steroid dienone is 1. The zero-order valence-corrected chi connectivity index (χ0v) is 14.1. The van der Waals surface area contributed by atoms with Gasteiger partial charge in [0.15, 0.2) is 0 Å². The third-order valence-electron chi connectivity index (χ3n) is 2.40. The van der Waals surface area contributed by atoms with Crippen molar-refractivity contribution in [1.29, 1.82) is 0 Å². The topological polar surface area (TPSA) is 95.4 Å². The lowest BCUT2D eigenvalue weighted by Crippen LogP contribution is -3.00. The number of carbonyl (C=O) groups excluding carboxylic acids is 1. The summed E-state index contributed by atoms with van der Waals surface area (Å²) in [7, 11) is 0. The van der Waals surface area contributed by atoms with Gasteiger partial charge in [-0.25, -0.2) is 0 Å². The third-order valence-corrected chi connectivity index (χ3v) is 2.40. The van der Waals surface area contributed by atoms with Gasteiger partial charge in [0.1, 0.15) is 0 Å². The molecule has 0 rings (SSSR count). The second-order valence-electron chi connectivity index (χ2n) is 3.93. The number of carboxylic acids is 1. The molecule has 0 bridgehead atoms. The minimum Gasteiger partial charge on any atom is -1.00 e. The Hall–Kier alpha value is -0.580. The van der Waals surface area contributed by atoms with Gasteiger partial charge in [0, 0.05) is 0 Å². The lowest BCUT2D eigenvalue weighted by atomic mass is 10.1. The van der Waals surface area contributed by atoms with Crippen molar-refractivity contribution in [2.75, 3.05) is 13.1 Å². The maximum absolute atomic E-state index is 10.3. The standard InChI is InChI=1S/C8H14O2.2C3H9N.ClH/c1-4-7(5-2)6(3)8(9)10;2*1-2-3-4;/h4-5H2,1-3H3,(H,9,10);2*2-4H2,1H3;1H. The molecule has 118 valence electrons. The second kappa shape index (κ2) is 22.6. The number of halogens is 1. The van der Waals surface area contributed by atoms with E-state index in [2.05, 4.69) is 25.3 Å². The largest absolute Gasteiger partial charge is 1.00 e. The maximum Gasteiger partial charge on any atom is 0.0737 e. The third kappa shape index (κ3) is 23.0. The minimum atomic E-state index is -1.04. The van der Waals surface area contributed by atoms with Crippen molar-refractivity contribution in [3.8, 4) is 0 Å². The van der Waals surface area contributed by atoms with Crippen LogP contribution < -0.4 is 29.0 Å². The Morgan fingerprint density at radius 3 is 1.26 bits per heavy atom. The van der Waals surface area contributed by atoms with Crippen LogP contribution >= 0.6 is 0 Å². The van der Waals surface area contributed by atoms with Gasteiger partial charge in [-0.15, -0.1) is 0 Å². The van der Waals surface area contributed by atoms with E-state index in [4.69, 9.17) is 0 Å². The Morgan fingerprint density at radius 1 is 0.947 bits per heavy atom. The molecule has 19 heavy (non-hydrogen) atoms. The molecule has 4 nitrogen and oxygen atoms in total. The van der Waals surface area contributed by atoms with Crippen molar-refractivity contribution >= 4 is 5.97 Å². The van der Waals surface area contributed by atoms with Crippen LogP contribution in [0.2, 0.25) is 0 Å². The molecular weight excluding hydrogens is 264 g/mol. The van der Waals surface area contributed by atoms with Crippen LogP contribution in [0.25, 0.3) is 0 Å². The summed E-state index contributed by atoms with van der Waals surface area (Å²) in [6.07, 6.45) is 4.02. The van der Waals surface area contributed by atoms with Crippen molar-refractivity contribution in [3.05, 3.63) is 11.1 Å². The van der Waals surface area contributed by atoms with E-state index in [0.717, 1.165) is 31.5 Å². The predicted molar refractivity (Wildman–Crippen MR) is 74.4 cm³/mol. The van der Waals surface area contributed by atoms with Crippen molar-refractivity contribution in [3.63, 3.8) is 0 Å². The molecule has 5 heteroatoms. The molecule has 0 aromatic carbocycles. The molecule has 6 N–H and O–H groups in total. The van der Waals surface area contributed by atoms with Crippen molar-refractivity contribution in [2.45, 2.75) is 60.3 Å². The summed E-state index contributed by atoms with van der Waals surface area (Å²) in [5.74, 6) is -1.04. The first-order valence-corrected chi connectivity index (χ1v) is 6.94. The van der Waals surface area contributed by atoms with Crippen LogP contribution in [0.3, 0.4) is 0 Å². The Labute approximate surface area is 125 Å². The molecular formula is C14H33ClN2O2. The van der Waals surface area contributed by atoms with Crippen LogP contribution in [0.5, 0.6) is 0 Å². The van der Waals surface area contributed by atoms with Gasteiger partial charge in [-0.05, 0) is 38.2 Å².